The number of thioether (sulfide) groups is 1. The quantitative estimate of drug-likeness (QED) is 0.0654. The number of esters is 1. The number of hydrogen-bond acceptors (Lipinski definition) is 8. The molecule has 0 unspecified atom stereocenters. The number of rotatable bonds is 14. The van der Waals surface area contributed by atoms with Gasteiger partial charge in [0.15, 0.2) is 8.32 Å². The highest BCUT2D eigenvalue weighted by molar-refractivity contribution is 8.03. The fourth-order valence-corrected chi connectivity index (χ4v) is 9.96. The summed E-state index contributed by atoms with van der Waals surface area (Å²) in [5.74, 6) is -1.78. The van der Waals surface area contributed by atoms with Crippen LogP contribution in [0.25, 0.3) is 0 Å². The molecule has 12 heteroatoms. The molecule has 258 valence electrons. The standard InChI is InChI=1S/C36H47N3O7SSi/c1-5-6-23-48(3,4)46-22-19-29-31-25(2)33(47-30-14-10-9-13-28(30)34(40)37-20-11-7-8-12-21-37)32(38(31)35(29)41)36(42)45-24-26-15-17-27(18-16-26)39(43)44/h9-10,13-18,25,29,31H,5-8,11-12,19-24H2,1-4H3/t25-,29+,31-/m1/s1/i2T. The predicted molar refractivity (Wildman–Crippen MR) is 188 cm³/mol. The van der Waals surface area contributed by atoms with Crippen LogP contribution in [0.15, 0.2) is 64.0 Å². The summed E-state index contributed by atoms with van der Waals surface area (Å²) in [7, 11) is -1.87. The molecule has 2 fully saturated rings. The Hall–Kier alpha value is -3.48. The Labute approximate surface area is 289 Å². The van der Waals surface area contributed by atoms with Gasteiger partial charge in [0.1, 0.15) is 12.3 Å². The van der Waals surface area contributed by atoms with Crippen LogP contribution in [0.3, 0.4) is 0 Å². The second-order valence-electron chi connectivity index (χ2n) is 13.4. The molecule has 2 amide bonds. The molecule has 0 aliphatic carbocycles. The van der Waals surface area contributed by atoms with Gasteiger partial charge in [-0.1, -0.05) is 63.4 Å². The van der Waals surface area contributed by atoms with Gasteiger partial charge in [-0.2, -0.15) is 0 Å². The van der Waals surface area contributed by atoms with Crippen molar-refractivity contribution in [2.24, 2.45) is 11.8 Å². The molecule has 3 aliphatic rings. The number of ether oxygens (including phenoxy) is 1. The van der Waals surface area contributed by atoms with Crippen molar-refractivity contribution in [2.75, 3.05) is 19.7 Å². The van der Waals surface area contributed by atoms with Crippen LogP contribution in [-0.4, -0.2) is 66.6 Å². The van der Waals surface area contributed by atoms with Gasteiger partial charge in [0.05, 0.1) is 22.4 Å². The maximum absolute atomic E-state index is 13.9. The Bertz CT molecular complexity index is 1560. The minimum atomic E-state index is -1.87. The van der Waals surface area contributed by atoms with E-state index in [0.717, 1.165) is 44.6 Å². The van der Waals surface area contributed by atoms with E-state index >= 15 is 0 Å². The predicted octanol–water partition coefficient (Wildman–Crippen LogP) is 7.55. The first-order chi connectivity index (χ1) is 23.6. The zero-order valence-electron chi connectivity index (χ0n) is 29.2. The van der Waals surface area contributed by atoms with Gasteiger partial charge < -0.3 is 19.0 Å². The van der Waals surface area contributed by atoms with E-state index in [1.807, 2.05) is 23.1 Å². The third-order valence-corrected chi connectivity index (χ3v) is 13.3. The highest BCUT2D eigenvalue weighted by Gasteiger charge is 2.58. The minimum absolute atomic E-state index is 0.0494. The lowest BCUT2D eigenvalue weighted by molar-refractivity contribution is -0.384. The minimum Gasteiger partial charge on any atom is -0.456 e. The van der Waals surface area contributed by atoms with Crippen LogP contribution in [0.5, 0.6) is 0 Å². The van der Waals surface area contributed by atoms with Crippen LogP contribution in [0.4, 0.5) is 5.69 Å². The first-order valence-electron chi connectivity index (χ1n) is 17.7. The maximum Gasteiger partial charge on any atom is 0.356 e. The molecule has 2 aromatic carbocycles. The number of carbonyl (C=O) groups excluding carboxylic acids is 3. The number of nitrogens with zero attached hydrogens (tertiary/aromatic N) is 3. The molecule has 10 nitrogen and oxygen atoms in total. The number of non-ortho nitro benzene ring substituents is 1. The number of carbonyl (C=O) groups is 3. The normalized spacial score (nSPS) is 21.4. The molecule has 0 spiro atoms. The van der Waals surface area contributed by atoms with E-state index in [4.69, 9.17) is 10.5 Å². The molecule has 0 bridgehead atoms. The molecule has 3 heterocycles. The Morgan fingerprint density at radius 2 is 1.79 bits per heavy atom. The average Bonchev–Trinajstić information content (AvgIpc) is 3.21. The van der Waals surface area contributed by atoms with E-state index in [2.05, 4.69) is 20.0 Å². The van der Waals surface area contributed by atoms with Crippen molar-refractivity contribution in [3.05, 3.63) is 80.4 Å². The van der Waals surface area contributed by atoms with Crippen molar-refractivity contribution in [1.82, 2.24) is 9.80 Å². The largest absolute Gasteiger partial charge is 0.456 e. The van der Waals surface area contributed by atoms with E-state index in [1.165, 1.54) is 40.9 Å². The summed E-state index contributed by atoms with van der Waals surface area (Å²) in [5, 5.41) is 11.1. The molecular weight excluding hydrogens is 647 g/mol. The topological polar surface area (TPSA) is 119 Å². The number of β-lactam (4-membered cyclic amide) rings is 1. The average molecular weight is 696 g/mol. The number of benzene rings is 2. The molecule has 0 saturated carbocycles. The van der Waals surface area contributed by atoms with Crippen LogP contribution in [0, 0.1) is 22.0 Å². The molecule has 2 saturated heterocycles. The van der Waals surface area contributed by atoms with Gasteiger partial charge in [0.2, 0.25) is 5.91 Å². The Morgan fingerprint density at radius 3 is 2.46 bits per heavy atom. The van der Waals surface area contributed by atoms with Crippen LogP contribution in [0.2, 0.25) is 19.1 Å². The maximum atomic E-state index is 13.9. The Kier molecular flexibility index (Phi) is 11.3. The third-order valence-electron chi connectivity index (χ3n) is 9.48. The van der Waals surface area contributed by atoms with Gasteiger partial charge in [-0.15, -0.1) is 0 Å². The SMILES string of the molecule is [3H]C[C@H]1C(Sc2ccccc2C(=O)N2CCCCCC2)=C(C(=O)OCc2ccc([N+](=O)[O-])cc2)N2C(=O)[C@@H](CCO[Si](C)(C)CCCC)[C@@H]12. The number of hydrogen-bond donors (Lipinski definition) is 0. The van der Waals surface area contributed by atoms with E-state index in [9.17, 15) is 24.5 Å². The van der Waals surface area contributed by atoms with Gasteiger partial charge in [-0.05, 0) is 68.2 Å². The van der Waals surface area contributed by atoms with Crippen molar-refractivity contribution < 1.29 is 29.8 Å². The second kappa shape index (κ2) is 15.8. The summed E-state index contributed by atoms with van der Waals surface area (Å²) in [6, 6.07) is 13.8. The van der Waals surface area contributed by atoms with Gasteiger partial charge >= 0.3 is 5.97 Å². The summed E-state index contributed by atoms with van der Waals surface area (Å²) in [4.78, 5) is 56.7. The summed E-state index contributed by atoms with van der Waals surface area (Å²) in [5.41, 5.74) is 1.15. The lowest BCUT2D eigenvalue weighted by Gasteiger charge is -2.45. The van der Waals surface area contributed by atoms with E-state index in [1.54, 1.807) is 6.07 Å². The van der Waals surface area contributed by atoms with Crippen LogP contribution >= 0.6 is 11.8 Å². The van der Waals surface area contributed by atoms with Crippen LogP contribution in [-0.2, 0) is 25.4 Å². The Morgan fingerprint density at radius 1 is 1.08 bits per heavy atom. The van der Waals surface area contributed by atoms with Gasteiger partial charge in [-0.25, -0.2) is 4.79 Å². The summed E-state index contributed by atoms with van der Waals surface area (Å²) >= 11 is 1.28. The number of unbranched alkanes of at least 4 members (excludes halogenated alkanes) is 1. The molecule has 2 aromatic rings. The number of fused-ring (bicyclic) bond motifs is 1. The summed E-state index contributed by atoms with van der Waals surface area (Å²) in [6.07, 6.45) is 6.83. The van der Waals surface area contributed by atoms with Gasteiger partial charge in [0, 0.05) is 48.9 Å². The van der Waals surface area contributed by atoms with Gasteiger partial charge in [0.25, 0.3) is 11.6 Å². The first kappa shape index (κ1) is 34.4. The molecule has 0 radical (unpaired) electrons. The van der Waals surface area contributed by atoms with Crippen molar-refractivity contribution in [2.45, 2.75) is 95.5 Å². The summed E-state index contributed by atoms with van der Waals surface area (Å²) in [6.45, 7) is 8.20. The van der Waals surface area contributed by atoms with Crippen molar-refractivity contribution >= 4 is 43.6 Å². The molecule has 3 aliphatic heterocycles. The smallest absolute Gasteiger partial charge is 0.356 e. The Balaban J connectivity index is 1.41. The van der Waals surface area contributed by atoms with E-state index < -0.39 is 31.0 Å². The van der Waals surface area contributed by atoms with E-state index in [-0.39, 0.29) is 42.7 Å². The number of amides is 2. The van der Waals surface area contributed by atoms with Gasteiger partial charge in [-0.3, -0.25) is 19.7 Å². The highest BCUT2D eigenvalue weighted by atomic mass is 32.2. The van der Waals surface area contributed by atoms with Crippen molar-refractivity contribution in [3.63, 3.8) is 0 Å². The molecule has 0 N–H and O–H groups in total. The molecule has 48 heavy (non-hydrogen) atoms. The zero-order valence-corrected chi connectivity index (χ0v) is 30.0. The number of nitro benzene ring substituents is 1. The fourth-order valence-electron chi connectivity index (χ4n) is 6.72. The fraction of sp³-hybridized carbons (Fsp3) is 0.528. The second-order valence-corrected chi connectivity index (χ2v) is 18.8. The van der Waals surface area contributed by atoms with E-state index in [0.29, 0.717) is 47.0 Å². The van der Waals surface area contributed by atoms with Crippen LogP contribution < -0.4 is 0 Å². The zero-order chi connectivity index (χ0) is 35.1. The lowest BCUT2D eigenvalue weighted by Crippen LogP contribution is -2.60. The first-order valence-corrected chi connectivity index (χ1v) is 21.0. The van der Waals surface area contributed by atoms with Crippen LogP contribution in [0.1, 0.15) is 76.1 Å². The highest BCUT2D eigenvalue weighted by Crippen LogP contribution is 2.52. The van der Waals surface area contributed by atoms with Crippen molar-refractivity contribution in [1.29, 1.82) is 0 Å². The molecular formula is C36H47N3O7SSi. The third kappa shape index (κ3) is 8.03. The summed E-state index contributed by atoms with van der Waals surface area (Å²) < 4.78 is 20.7. The number of likely N-dealkylation sites (tertiary alicyclic amines) is 1. The lowest BCUT2D eigenvalue weighted by atomic mass is 9.80. The number of nitro groups is 1. The molecule has 0 aromatic heterocycles. The monoisotopic (exact) mass is 695 g/mol. The molecule has 5 rings (SSSR count). The van der Waals surface area contributed by atoms with Crippen molar-refractivity contribution in [3.8, 4) is 0 Å². The molecule has 3 atom stereocenters.